The molecule has 0 saturated heterocycles. The van der Waals surface area contributed by atoms with Gasteiger partial charge >= 0.3 is 5.97 Å². The average molecular weight is 228 g/mol. The lowest BCUT2D eigenvalue weighted by Crippen LogP contribution is -2.05. The summed E-state index contributed by atoms with van der Waals surface area (Å²) in [4.78, 5) is 11.1. The Bertz CT molecular complexity index is 606. The number of hydrogen-bond donors (Lipinski definition) is 2. The molecule has 0 aliphatic heterocycles. The zero-order valence-electron chi connectivity index (χ0n) is 9.14. The van der Waals surface area contributed by atoms with Crippen molar-refractivity contribution in [3.8, 4) is 5.75 Å². The van der Waals surface area contributed by atoms with E-state index < -0.39 is 5.97 Å². The van der Waals surface area contributed by atoms with Crippen LogP contribution in [0.5, 0.6) is 5.75 Å². The van der Waals surface area contributed by atoms with Gasteiger partial charge in [-0.3, -0.25) is 0 Å². The van der Waals surface area contributed by atoms with Crippen molar-refractivity contribution in [3.05, 3.63) is 43.0 Å². The molecule has 0 unspecified atom stereocenters. The molecule has 2 rings (SSSR count). The maximum atomic E-state index is 11.1. The molecule has 2 aromatic rings. The van der Waals surface area contributed by atoms with Crippen LogP contribution < -0.4 is 16.2 Å². The second-order valence-corrected chi connectivity index (χ2v) is 3.58. The highest BCUT2D eigenvalue weighted by Gasteiger charge is 2.08. The van der Waals surface area contributed by atoms with Crippen LogP contribution in [0, 0.1) is 0 Å². The van der Waals surface area contributed by atoms with Crippen molar-refractivity contribution >= 4 is 28.1 Å². The quantitative estimate of drug-likeness (QED) is 0.357. The minimum Gasteiger partial charge on any atom is -0.421 e. The van der Waals surface area contributed by atoms with Gasteiger partial charge in [0.1, 0.15) is 0 Å². The fourth-order valence-electron chi connectivity index (χ4n) is 1.59. The minimum absolute atomic E-state index is 0.292. The molecule has 86 valence electrons. The number of rotatable bonds is 2. The molecule has 0 aromatic heterocycles. The Labute approximate surface area is 98.5 Å². The highest BCUT2D eigenvalue weighted by atomic mass is 16.5. The SMILES string of the molecule is C=CC(=O)Oc1cc2c(N)cccc2cc1N. The van der Waals surface area contributed by atoms with E-state index in [1.807, 2.05) is 12.1 Å². The van der Waals surface area contributed by atoms with Crippen LogP contribution in [0.15, 0.2) is 43.0 Å². The normalized spacial score (nSPS) is 10.1. The van der Waals surface area contributed by atoms with Crippen LogP contribution in [0.3, 0.4) is 0 Å². The summed E-state index contributed by atoms with van der Waals surface area (Å²) in [5.74, 6) is -0.258. The number of benzene rings is 2. The average Bonchev–Trinajstić information content (AvgIpc) is 2.31. The van der Waals surface area contributed by atoms with Crippen molar-refractivity contribution < 1.29 is 9.53 Å². The molecule has 0 amide bonds. The molecule has 2 aromatic carbocycles. The van der Waals surface area contributed by atoms with E-state index >= 15 is 0 Å². The third-order valence-electron chi connectivity index (χ3n) is 2.42. The summed E-state index contributed by atoms with van der Waals surface area (Å²) in [6, 6.07) is 8.88. The molecule has 4 N–H and O–H groups in total. The van der Waals surface area contributed by atoms with Gasteiger partial charge in [-0.1, -0.05) is 18.7 Å². The summed E-state index contributed by atoms with van der Waals surface area (Å²) >= 11 is 0. The van der Waals surface area contributed by atoms with E-state index in [9.17, 15) is 4.79 Å². The highest BCUT2D eigenvalue weighted by molar-refractivity contribution is 5.97. The zero-order valence-corrected chi connectivity index (χ0v) is 9.14. The summed E-state index contributed by atoms with van der Waals surface area (Å²) in [7, 11) is 0. The number of carbonyl (C=O) groups excluding carboxylic acids is 1. The molecule has 0 spiro atoms. The van der Waals surface area contributed by atoms with E-state index in [1.54, 1.807) is 18.2 Å². The van der Waals surface area contributed by atoms with Crippen molar-refractivity contribution in [1.29, 1.82) is 0 Å². The molecule has 0 heterocycles. The Balaban J connectivity index is 2.57. The number of ether oxygens (including phenoxy) is 1. The molecule has 0 aliphatic rings. The summed E-state index contributed by atoms with van der Waals surface area (Å²) in [5, 5.41) is 1.70. The van der Waals surface area contributed by atoms with Crippen LogP contribution in [0.25, 0.3) is 10.8 Å². The second kappa shape index (κ2) is 4.17. The summed E-state index contributed by atoms with van der Waals surface area (Å²) in [5.41, 5.74) is 12.6. The molecule has 0 bridgehead atoms. The van der Waals surface area contributed by atoms with Crippen molar-refractivity contribution in [2.75, 3.05) is 11.5 Å². The number of esters is 1. The molecule has 0 saturated carbocycles. The van der Waals surface area contributed by atoms with Gasteiger partial charge in [0, 0.05) is 17.1 Å². The van der Waals surface area contributed by atoms with Crippen LogP contribution in [-0.2, 0) is 4.79 Å². The minimum atomic E-state index is -0.550. The van der Waals surface area contributed by atoms with Crippen LogP contribution in [0.2, 0.25) is 0 Å². The second-order valence-electron chi connectivity index (χ2n) is 3.58. The number of nitrogen functional groups attached to an aromatic ring is 2. The van der Waals surface area contributed by atoms with Gasteiger partial charge in [0.05, 0.1) is 5.69 Å². The zero-order chi connectivity index (χ0) is 12.4. The number of fused-ring (bicyclic) bond motifs is 1. The van der Waals surface area contributed by atoms with E-state index in [0.29, 0.717) is 17.1 Å². The largest absolute Gasteiger partial charge is 0.421 e. The van der Waals surface area contributed by atoms with Gasteiger partial charge in [-0.15, -0.1) is 0 Å². The summed E-state index contributed by atoms with van der Waals surface area (Å²) in [6.45, 7) is 3.33. The van der Waals surface area contributed by atoms with E-state index in [2.05, 4.69) is 6.58 Å². The maximum Gasteiger partial charge on any atom is 0.335 e. The predicted octanol–water partition coefficient (Wildman–Crippen LogP) is 2.10. The summed E-state index contributed by atoms with van der Waals surface area (Å²) < 4.78 is 5.02. The number of hydrogen-bond acceptors (Lipinski definition) is 4. The Morgan fingerprint density at radius 2 is 2.00 bits per heavy atom. The van der Waals surface area contributed by atoms with Gasteiger partial charge in [-0.2, -0.15) is 0 Å². The van der Waals surface area contributed by atoms with Gasteiger partial charge < -0.3 is 16.2 Å². The molecule has 0 aliphatic carbocycles. The van der Waals surface area contributed by atoms with Crippen molar-refractivity contribution in [1.82, 2.24) is 0 Å². The van der Waals surface area contributed by atoms with Crippen LogP contribution in [-0.4, -0.2) is 5.97 Å². The van der Waals surface area contributed by atoms with Crippen molar-refractivity contribution in [2.24, 2.45) is 0 Å². The van der Waals surface area contributed by atoms with Gasteiger partial charge in [0.25, 0.3) is 0 Å². The van der Waals surface area contributed by atoms with Gasteiger partial charge in [0.15, 0.2) is 5.75 Å². The van der Waals surface area contributed by atoms with E-state index in [0.717, 1.165) is 16.8 Å². The van der Waals surface area contributed by atoms with Crippen LogP contribution >= 0.6 is 0 Å². The predicted molar refractivity (Wildman–Crippen MR) is 68.6 cm³/mol. The first kappa shape index (κ1) is 11.0. The molecular formula is C13H12N2O2. The van der Waals surface area contributed by atoms with E-state index in [4.69, 9.17) is 16.2 Å². The third-order valence-corrected chi connectivity index (χ3v) is 2.42. The first-order valence-electron chi connectivity index (χ1n) is 5.04. The van der Waals surface area contributed by atoms with E-state index in [1.165, 1.54) is 0 Å². The van der Waals surface area contributed by atoms with Crippen LogP contribution in [0.4, 0.5) is 11.4 Å². The Morgan fingerprint density at radius 3 is 2.71 bits per heavy atom. The van der Waals surface area contributed by atoms with Crippen molar-refractivity contribution in [2.45, 2.75) is 0 Å². The lowest BCUT2D eigenvalue weighted by molar-refractivity contribution is -0.128. The molecule has 0 atom stereocenters. The Morgan fingerprint density at radius 1 is 1.24 bits per heavy atom. The third kappa shape index (κ3) is 2.06. The number of carbonyl (C=O) groups is 1. The van der Waals surface area contributed by atoms with Gasteiger partial charge in [0.2, 0.25) is 0 Å². The smallest absolute Gasteiger partial charge is 0.335 e. The number of nitrogens with two attached hydrogens (primary N) is 2. The lowest BCUT2D eigenvalue weighted by Gasteiger charge is -2.08. The molecule has 4 heteroatoms. The maximum absolute atomic E-state index is 11.1. The molecule has 17 heavy (non-hydrogen) atoms. The van der Waals surface area contributed by atoms with E-state index in [-0.39, 0.29) is 0 Å². The fraction of sp³-hybridized carbons (Fsp3) is 0. The monoisotopic (exact) mass is 228 g/mol. The van der Waals surface area contributed by atoms with Gasteiger partial charge in [-0.05, 0) is 23.6 Å². The lowest BCUT2D eigenvalue weighted by atomic mass is 10.1. The Hall–Kier alpha value is -2.49. The topological polar surface area (TPSA) is 78.3 Å². The molecule has 4 nitrogen and oxygen atoms in total. The molecular weight excluding hydrogens is 216 g/mol. The first-order valence-corrected chi connectivity index (χ1v) is 5.04. The summed E-state index contributed by atoms with van der Waals surface area (Å²) in [6.07, 6.45) is 1.08. The molecule has 0 fully saturated rings. The number of anilines is 2. The van der Waals surface area contributed by atoms with Crippen molar-refractivity contribution in [3.63, 3.8) is 0 Å². The highest BCUT2D eigenvalue weighted by Crippen LogP contribution is 2.31. The Kier molecular flexibility index (Phi) is 2.70. The van der Waals surface area contributed by atoms with Crippen LogP contribution in [0.1, 0.15) is 0 Å². The fourth-order valence-corrected chi connectivity index (χ4v) is 1.59. The standard InChI is InChI=1S/C13H12N2O2/c1-2-13(16)17-12-7-9-8(6-11(12)15)4-3-5-10(9)14/h2-7H,1,14-15H2. The molecule has 0 radical (unpaired) electrons. The first-order chi connectivity index (χ1) is 8.11. The van der Waals surface area contributed by atoms with Gasteiger partial charge in [-0.25, -0.2) is 4.79 Å².